The molecular weight excluding hydrogens is 1620 g/mol. The number of phenolic OH excluding ortho intramolecular Hbond substituents is 5. The van der Waals surface area contributed by atoms with Crippen molar-refractivity contribution in [3.8, 4) is 91.3 Å². The van der Waals surface area contributed by atoms with Crippen LogP contribution in [0.15, 0.2) is 236 Å². The SMILES string of the molecule is C.CC(=O)Cl.CC(=O)Oc1ccc(C(=O)O)cc1.CC(=O)Oc1ccc(C(=O)OS(C)(=O)=O)cc1.CC(=O)Oc1ccc(C(C)=O)cc1.CS(=O)(=O)Cl.Cc1ccc(C)c2oc(-c3ccc(-c4cc5c(C)ccc(C)c5o4)cc3)cc12.O=C(O)c1ccc(O)cc1.Oc1ccc(O)c2oc(-c3ccc(-c4cc5c(O)ccc(O)c5o4)cc3)cc12. The van der Waals surface area contributed by atoms with Crippen LogP contribution in [0.5, 0.6) is 46.0 Å². The number of carbonyl (C=O) groups excluding carboxylic acids is 6. The molecule has 0 saturated carbocycles. The van der Waals surface area contributed by atoms with Crippen LogP contribution in [0, 0.1) is 27.7 Å². The molecule has 119 heavy (non-hydrogen) atoms. The van der Waals surface area contributed by atoms with Gasteiger partial charge in [0.2, 0.25) is 14.3 Å². The molecule has 0 saturated heterocycles. The first-order valence-corrected chi connectivity index (χ1v) is 39.5. The highest BCUT2D eigenvalue weighted by Crippen LogP contribution is 2.42. The zero-order chi connectivity index (χ0) is 87.2. The second-order valence-corrected chi connectivity index (χ2v) is 30.6. The summed E-state index contributed by atoms with van der Waals surface area (Å²) in [7, 11) is -2.53. The van der Waals surface area contributed by atoms with E-state index >= 15 is 0 Å². The number of halogens is 2. The van der Waals surface area contributed by atoms with E-state index < -0.39 is 49.0 Å². The molecule has 27 nitrogen and oxygen atoms in total. The number of carbonyl (C=O) groups is 8. The number of esters is 3. The van der Waals surface area contributed by atoms with Crippen LogP contribution in [-0.4, -0.2) is 112 Å². The van der Waals surface area contributed by atoms with Crippen molar-refractivity contribution in [2.24, 2.45) is 0 Å². The van der Waals surface area contributed by atoms with Crippen LogP contribution in [-0.2, 0) is 42.5 Å². The quantitative estimate of drug-likeness (QED) is 0.0149. The molecule has 0 aliphatic heterocycles. The van der Waals surface area contributed by atoms with Crippen molar-refractivity contribution < 1.29 is 127 Å². The number of hydrogen-bond acceptors (Lipinski definition) is 25. The fraction of sp³-hybridized carbons (Fsp3) is 0.136. The van der Waals surface area contributed by atoms with Crippen molar-refractivity contribution in [1.29, 1.82) is 0 Å². The third-order valence-electron chi connectivity index (χ3n) is 16.0. The fourth-order valence-electron chi connectivity index (χ4n) is 10.5. The van der Waals surface area contributed by atoms with Gasteiger partial charge in [0.15, 0.2) is 28.4 Å². The summed E-state index contributed by atoms with van der Waals surface area (Å²) in [5.74, 6) is -0.367. The lowest BCUT2D eigenvalue weighted by Gasteiger charge is -2.03. The Labute approximate surface area is 691 Å². The first kappa shape index (κ1) is 93.9. The van der Waals surface area contributed by atoms with Gasteiger partial charge in [0.05, 0.1) is 40.0 Å². The summed E-state index contributed by atoms with van der Waals surface area (Å²) in [6.07, 6.45) is 1.70. The number of carboxylic acids is 2. The van der Waals surface area contributed by atoms with E-state index in [1.54, 1.807) is 36.4 Å². The van der Waals surface area contributed by atoms with Gasteiger partial charge in [-0.2, -0.15) is 8.42 Å². The van der Waals surface area contributed by atoms with E-state index in [0.717, 1.165) is 68.6 Å². The summed E-state index contributed by atoms with van der Waals surface area (Å²) in [6.45, 7) is 15.1. The van der Waals surface area contributed by atoms with Crippen molar-refractivity contribution >= 4 is 132 Å². The molecule has 4 heterocycles. The molecule has 0 atom stereocenters. The smallest absolute Gasteiger partial charge is 0.353 e. The van der Waals surface area contributed by atoms with Gasteiger partial charge in [0, 0.05) is 77.0 Å². The Kier molecular flexibility index (Phi) is 33.2. The zero-order valence-corrected chi connectivity index (χ0v) is 67.8. The molecular formula is C88H80Cl2O27S2. The Bertz CT molecular complexity index is 5560. The Hall–Kier alpha value is -14.0. The number of aromatic hydroxyl groups is 5. The third kappa shape index (κ3) is 28.5. The Morgan fingerprint density at radius 1 is 0.345 bits per heavy atom. The largest absolute Gasteiger partial charge is 0.508 e. The van der Waals surface area contributed by atoms with Gasteiger partial charge in [-0.15, -0.1) is 0 Å². The van der Waals surface area contributed by atoms with Crippen LogP contribution in [0.1, 0.15) is 106 Å². The number of fused-ring (bicyclic) bond motifs is 4. The predicted octanol–water partition coefficient (Wildman–Crippen LogP) is 19.6. The highest BCUT2D eigenvalue weighted by molar-refractivity contribution is 8.13. The molecule has 31 heteroatoms. The average molecular weight is 1700 g/mol. The van der Waals surface area contributed by atoms with Gasteiger partial charge < -0.3 is 71.8 Å². The van der Waals surface area contributed by atoms with Crippen molar-refractivity contribution in [3.05, 3.63) is 263 Å². The first-order valence-electron chi connectivity index (χ1n) is 34.6. The minimum atomic E-state index is -3.84. The Morgan fingerprint density at radius 3 is 0.857 bits per heavy atom. The maximum Gasteiger partial charge on any atom is 0.353 e. The standard InChI is InChI=1S/C26H22O2.C22H14O6.C10H10O6S.C10H10O3.C9H8O4.C7H6O3.C2H3ClO.CH3ClO2S.CH4/c1-15-5-7-17(3)25-21(15)13-23(27-25)19-9-11-20(12-10-19)24-14-22-16(2)6-8-18(4)26(22)28-24;23-15-5-7-17(25)21-13(15)9-19(27-21)11-1-2-12(4-3-11)20-10-14-16(24)6-8-18(26)22(14)28-20;1-7(11)15-9-5-3-8(4-6-9)10(12)16-17(2,13)14;1-7(11)9-3-5-10(6-4-9)13-8(2)12;1-6(10)13-8-4-2-7(3-5-8)9(11)12;8-6-3-1-5(2-4-6)7(9)10;1-2(3)4;1-5(2,3)4;/h5-14H,1-4H3;1-10,23-26H;3-6H,1-2H3;3-6H,1-2H3;2-5H,1H3,(H,11,12);1-4,8H,(H,9,10);1H3;1H3;1H4. The molecule has 7 N–H and O–H groups in total. The lowest BCUT2D eigenvalue weighted by molar-refractivity contribution is -0.132. The second kappa shape index (κ2) is 42.0. The molecule has 0 unspecified atom stereocenters. The monoisotopic (exact) mass is 1700 g/mol. The molecule has 0 aliphatic carbocycles. The molecule has 0 radical (unpaired) electrons. The zero-order valence-electron chi connectivity index (χ0n) is 64.7. The van der Waals surface area contributed by atoms with E-state index in [-0.39, 0.29) is 86.8 Å². The summed E-state index contributed by atoms with van der Waals surface area (Å²) >= 11 is 4.64. The van der Waals surface area contributed by atoms with Gasteiger partial charge in [0.1, 0.15) is 68.7 Å². The normalized spacial score (nSPS) is 10.5. The minimum Gasteiger partial charge on any atom is -0.508 e. The van der Waals surface area contributed by atoms with Crippen LogP contribution in [0.4, 0.5) is 0 Å². The number of ketones is 1. The van der Waals surface area contributed by atoms with E-state index in [0.29, 0.717) is 39.4 Å². The number of aromatic carboxylic acids is 2. The number of hydrogen-bond donors (Lipinski definition) is 7. The fourth-order valence-corrected chi connectivity index (χ4v) is 10.9. The molecule has 14 aromatic rings. The van der Waals surface area contributed by atoms with Gasteiger partial charge in [-0.1, -0.05) is 80.2 Å². The van der Waals surface area contributed by atoms with Gasteiger partial charge in [-0.25, -0.2) is 22.8 Å². The average Bonchev–Trinajstić information content (AvgIpc) is 1.65. The molecule has 10 aromatic carbocycles. The van der Waals surface area contributed by atoms with E-state index in [1.165, 1.54) is 154 Å². The minimum absolute atomic E-state index is 0. The van der Waals surface area contributed by atoms with Crippen molar-refractivity contribution in [1.82, 2.24) is 0 Å². The highest BCUT2D eigenvalue weighted by atomic mass is 35.7. The summed E-state index contributed by atoms with van der Waals surface area (Å²) in [4.78, 5) is 83.7. The maximum absolute atomic E-state index is 11.3. The number of Topliss-reactive ketones (excluding diaryl/α,β-unsaturated/α-hetero) is 1. The van der Waals surface area contributed by atoms with Crippen molar-refractivity contribution in [2.45, 2.75) is 69.7 Å². The number of aryl methyl sites for hydroxylation is 4. The van der Waals surface area contributed by atoms with Crippen LogP contribution in [0.3, 0.4) is 0 Å². The Balaban J connectivity index is 0.000000225. The first-order chi connectivity index (χ1) is 55.4. The molecule has 0 aliphatic rings. The number of benzene rings is 10. The van der Waals surface area contributed by atoms with Gasteiger partial charge in [0.25, 0.3) is 0 Å². The molecule has 0 spiro atoms. The summed E-state index contributed by atoms with van der Waals surface area (Å²) in [5.41, 5.74) is 11.8. The van der Waals surface area contributed by atoms with E-state index in [2.05, 4.69) is 115 Å². The summed E-state index contributed by atoms with van der Waals surface area (Å²) in [6, 6.07) is 60.1. The number of rotatable bonds is 12. The van der Waals surface area contributed by atoms with E-state index in [4.69, 9.17) is 47.2 Å². The number of ether oxygens (including phenoxy) is 3. The second-order valence-electron chi connectivity index (χ2n) is 25.5. The molecule has 14 rings (SSSR count). The highest BCUT2D eigenvalue weighted by Gasteiger charge is 2.19. The molecule has 4 aromatic heterocycles. The van der Waals surface area contributed by atoms with Crippen molar-refractivity contribution in [3.63, 3.8) is 0 Å². The van der Waals surface area contributed by atoms with Crippen molar-refractivity contribution in [2.75, 3.05) is 12.5 Å². The van der Waals surface area contributed by atoms with E-state index in [1.807, 2.05) is 24.3 Å². The maximum atomic E-state index is 11.3. The number of phenols is 5. The third-order valence-corrected chi connectivity index (χ3v) is 16.4. The van der Waals surface area contributed by atoms with Crippen LogP contribution >= 0.6 is 22.3 Å². The lowest BCUT2D eigenvalue weighted by Crippen LogP contribution is -2.11. The molecule has 620 valence electrons. The topological polar surface area (TPSA) is 436 Å². The molecule has 0 fully saturated rings. The molecule has 0 bridgehead atoms. The summed E-state index contributed by atoms with van der Waals surface area (Å²) < 4.78 is 82.4. The lowest BCUT2D eigenvalue weighted by atomic mass is 10.0. The van der Waals surface area contributed by atoms with Crippen LogP contribution < -0.4 is 14.2 Å². The van der Waals surface area contributed by atoms with E-state index in [9.17, 15) is 75.6 Å². The number of furan rings is 4. The van der Waals surface area contributed by atoms with Crippen LogP contribution in [0.25, 0.3) is 89.2 Å². The van der Waals surface area contributed by atoms with Gasteiger partial charge >= 0.3 is 45.9 Å². The van der Waals surface area contributed by atoms with Gasteiger partial charge in [-0.05, 0) is 214 Å². The molecule has 0 amide bonds. The Morgan fingerprint density at radius 2 is 0.597 bits per heavy atom. The predicted molar refractivity (Wildman–Crippen MR) is 449 cm³/mol. The van der Waals surface area contributed by atoms with Crippen LogP contribution in [0.2, 0.25) is 0 Å². The number of carboxylic acid groups (broad SMARTS) is 2. The van der Waals surface area contributed by atoms with Gasteiger partial charge in [-0.3, -0.25) is 24.0 Å². The summed E-state index contributed by atoms with van der Waals surface area (Å²) in [5, 5.41) is 68.2.